The SMILES string of the molecule is Cc1ccc(NC(=O)C2(N)CCOCC2)c(C(=O)O)c1. The van der Waals surface area contributed by atoms with Crippen LogP contribution in [0.4, 0.5) is 5.69 Å². The molecule has 0 aliphatic carbocycles. The lowest BCUT2D eigenvalue weighted by Crippen LogP contribution is -2.54. The topological polar surface area (TPSA) is 102 Å². The van der Waals surface area contributed by atoms with E-state index in [9.17, 15) is 14.7 Å². The van der Waals surface area contributed by atoms with Crippen LogP contribution < -0.4 is 11.1 Å². The third-order valence-electron chi connectivity index (χ3n) is 3.49. The minimum atomic E-state index is -1.08. The number of carboxylic acid groups (broad SMARTS) is 1. The van der Waals surface area contributed by atoms with Gasteiger partial charge in [-0.15, -0.1) is 0 Å². The standard InChI is InChI=1S/C14H18N2O4/c1-9-2-3-11(10(8-9)12(17)18)16-13(19)14(15)4-6-20-7-5-14/h2-3,8H,4-7,15H2,1H3,(H,16,19)(H,17,18). The van der Waals surface area contributed by atoms with Crippen LogP contribution in [0, 0.1) is 6.92 Å². The first-order chi connectivity index (χ1) is 9.42. The number of nitrogens with two attached hydrogens (primary N) is 1. The molecule has 1 amide bonds. The molecule has 0 atom stereocenters. The highest BCUT2D eigenvalue weighted by Crippen LogP contribution is 2.23. The van der Waals surface area contributed by atoms with Crippen LogP contribution in [0.15, 0.2) is 18.2 Å². The summed E-state index contributed by atoms with van der Waals surface area (Å²) in [5, 5.41) is 11.8. The molecule has 1 aromatic carbocycles. The largest absolute Gasteiger partial charge is 0.478 e. The van der Waals surface area contributed by atoms with Crippen molar-refractivity contribution in [2.75, 3.05) is 18.5 Å². The van der Waals surface area contributed by atoms with Crippen molar-refractivity contribution in [3.63, 3.8) is 0 Å². The quantitative estimate of drug-likeness (QED) is 0.769. The number of nitrogens with one attached hydrogen (secondary N) is 1. The number of benzene rings is 1. The number of carbonyl (C=O) groups excluding carboxylic acids is 1. The molecule has 0 saturated carbocycles. The Hall–Kier alpha value is -1.92. The lowest BCUT2D eigenvalue weighted by atomic mass is 9.90. The van der Waals surface area contributed by atoms with E-state index in [4.69, 9.17) is 10.5 Å². The molecular formula is C14H18N2O4. The van der Waals surface area contributed by atoms with Gasteiger partial charge in [0, 0.05) is 13.2 Å². The zero-order valence-electron chi connectivity index (χ0n) is 11.3. The van der Waals surface area contributed by atoms with Crippen LogP contribution in [0.3, 0.4) is 0 Å². The van der Waals surface area contributed by atoms with Crippen LogP contribution in [0.25, 0.3) is 0 Å². The van der Waals surface area contributed by atoms with Gasteiger partial charge in [-0.2, -0.15) is 0 Å². The Bertz CT molecular complexity index is 536. The van der Waals surface area contributed by atoms with E-state index in [0.29, 0.717) is 26.1 Å². The third kappa shape index (κ3) is 2.97. The van der Waals surface area contributed by atoms with Crippen LogP contribution in [-0.2, 0) is 9.53 Å². The summed E-state index contributed by atoms with van der Waals surface area (Å²) >= 11 is 0. The Morgan fingerprint density at radius 1 is 1.35 bits per heavy atom. The van der Waals surface area contributed by atoms with E-state index in [1.165, 1.54) is 6.07 Å². The normalized spacial score (nSPS) is 17.5. The van der Waals surface area contributed by atoms with Crippen molar-refractivity contribution < 1.29 is 19.4 Å². The van der Waals surface area contributed by atoms with Crippen LogP contribution in [0.2, 0.25) is 0 Å². The molecule has 0 bridgehead atoms. The minimum absolute atomic E-state index is 0.0639. The van der Waals surface area contributed by atoms with Gasteiger partial charge in [-0.05, 0) is 31.9 Å². The third-order valence-corrected chi connectivity index (χ3v) is 3.49. The van der Waals surface area contributed by atoms with Gasteiger partial charge in [0.05, 0.1) is 11.3 Å². The fourth-order valence-corrected chi connectivity index (χ4v) is 2.15. The number of anilines is 1. The molecule has 0 unspecified atom stereocenters. The Labute approximate surface area is 116 Å². The number of aryl methyl sites for hydroxylation is 1. The fraction of sp³-hybridized carbons (Fsp3) is 0.429. The number of hydrogen-bond acceptors (Lipinski definition) is 4. The highest BCUT2D eigenvalue weighted by atomic mass is 16.5. The summed E-state index contributed by atoms with van der Waals surface area (Å²) in [4.78, 5) is 23.5. The lowest BCUT2D eigenvalue weighted by Gasteiger charge is -2.31. The maximum Gasteiger partial charge on any atom is 0.337 e. The second kappa shape index (κ2) is 5.60. The molecule has 1 heterocycles. The van der Waals surface area contributed by atoms with Crippen LogP contribution in [-0.4, -0.2) is 35.7 Å². The van der Waals surface area contributed by atoms with Gasteiger partial charge in [-0.25, -0.2) is 4.79 Å². The van der Waals surface area contributed by atoms with Crippen LogP contribution in [0.5, 0.6) is 0 Å². The summed E-state index contributed by atoms with van der Waals surface area (Å²) in [5.41, 5.74) is 6.21. The molecular weight excluding hydrogens is 260 g/mol. The van der Waals surface area contributed by atoms with Gasteiger partial charge >= 0.3 is 5.97 Å². The predicted molar refractivity (Wildman–Crippen MR) is 73.7 cm³/mol. The Kier molecular flexibility index (Phi) is 4.06. The molecule has 1 fully saturated rings. The first kappa shape index (κ1) is 14.5. The Morgan fingerprint density at radius 3 is 2.60 bits per heavy atom. The summed E-state index contributed by atoms with van der Waals surface area (Å²) in [6.07, 6.45) is 0.847. The molecule has 1 aliphatic heterocycles. The second-order valence-electron chi connectivity index (χ2n) is 5.08. The summed E-state index contributed by atoms with van der Waals surface area (Å²) < 4.78 is 5.19. The number of hydrogen-bond donors (Lipinski definition) is 3. The van der Waals surface area contributed by atoms with Gasteiger partial charge in [0.2, 0.25) is 5.91 Å². The molecule has 4 N–H and O–H groups in total. The smallest absolute Gasteiger partial charge is 0.337 e. The van der Waals surface area contributed by atoms with Gasteiger partial charge in [-0.3, -0.25) is 4.79 Å². The van der Waals surface area contributed by atoms with Crippen molar-refractivity contribution in [2.45, 2.75) is 25.3 Å². The molecule has 20 heavy (non-hydrogen) atoms. The van der Waals surface area contributed by atoms with Gasteiger partial charge < -0.3 is 20.9 Å². The average Bonchev–Trinajstić information content (AvgIpc) is 2.41. The minimum Gasteiger partial charge on any atom is -0.478 e. The van der Waals surface area contributed by atoms with Crippen molar-refractivity contribution in [3.05, 3.63) is 29.3 Å². The van der Waals surface area contributed by atoms with E-state index in [-0.39, 0.29) is 17.2 Å². The van der Waals surface area contributed by atoms with E-state index in [2.05, 4.69) is 5.32 Å². The summed E-state index contributed by atoms with van der Waals surface area (Å²) in [6.45, 7) is 2.66. The first-order valence-electron chi connectivity index (χ1n) is 6.44. The number of aromatic carboxylic acids is 1. The predicted octanol–water partition coefficient (Wildman–Crippen LogP) is 1.14. The monoisotopic (exact) mass is 278 g/mol. The van der Waals surface area contributed by atoms with Crippen molar-refractivity contribution in [1.29, 1.82) is 0 Å². The number of carbonyl (C=O) groups is 2. The first-order valence-corrected chi connectivity index (χ1v) is 6.44. The summed E-state index contributed by atoms with van der Waals surface area (Å²) in [6, 6.07) is 4.85. The van der Waals surface area contributed by atoms with E-state index < -0.39 is 11.5 Å². The van der Waals surface area contributed by atoms with Crippen LogP contribution in [0.1, 0.15) is 28.8 Å². The molecule has 1 saturated heterocycles. The number of ether oxygens (including phenoxy) is 1. The van der Waals surface area contributed by atoms with Gasteiger partial charge in [0.15, 0.2) is 0 Å². The number of amides is 1. The molecule has 0 spiro atoms. The maximum atomic E-state index is 12.3. The van der Waals surface area contributed by atoms with Crippen molar-refractivity contribution in [3.8, 4) is 0 Å². The molecule has 6 nitrogen and oxygen atoms in total. The molecule has 2 rings (SSSR count). The highest BCUT2D eigenvalue weighted by Gasteiger charge is 2.36. The summed E-state index contributed by atoms with van der Waals surface area (Å²) in [5.74, 6) is -1.45. The van der Waals surface area contributed by atoms with E-state index in [1.807, 2.05) is 0 Å². The molecule has 6 heteroatoms. The zero-order valence-corrected chi connectivity index (χ0v) is 11.3. The number of rotatable bonds is 3. The molecule has 1 aromatic rings. The zero-order chi connectivity index (χ0) is 14.8. The number of carboxylic acids is 1. The van der Waals surface area contributed by atoms with Gasteiger partial charge in [-0.1, -0.05) is 11.6 Å². The van der Waals surface area contributed by atoms with Crippen molar-refractivity contribution in [1.82, 2.24) is 0 Å². The van der Waals surface area contributed by atoms with Gasteiger partial charge in [0.1, 0.15) is 5.54 Å². The van der Waals surface area contributed by atoms with E-state index in [1.54, 1.807) is 19.1 Å². The highest BCUT2D eigenvalue weighted by molar-refractivity contribution is 6.03. The second-order valence-corrected chi connectivity index (χ2v) is 5.08. The van der Waals surface area contributed by atoms with Crippen molar-refractivity contribution >= 4 is 17.6 Å². The fourth-order valence-electron chi connectivity index (χ4n) is 2.15. The Morgan fingerprint density at radius 2 is 2.00 bits per heavy atom. The molecule has 108 valence electrons. The lowest BCUT2D eigenvalue weighted by molar-refractivity contribution is -0.124. The van der Waals surface area contributed by atoms with E-state index >= 15 is 0 Å². The van der Waals surface area contributed by atoms with Crippen molar-refractivity contribution in [2.24, 2.45) is 5.73 Å². The summed E-state index contributed by atoms with van der Waals surface area (Å²) in [7, 11) is 0. The van der Waals surface area contributed by atoms with Gasteiger partial charge in [0.25, 0.3) is 0 Å². The van der Waals surface area contributed by atoms with E-state index in [0.717, 1.165) is 5.56 Å². The molecule has 0 radical (unpaired) electrons. The Balaban J connectivity index is 2.21. The average molecular weight is 278 g/mol. The molecule has 0 aromatic heterocycles. The maximum absolute atomic E-state index is 12.3. The van der Waals surface area contributed by atoms with Crippen LogP contribution >= 0.6 is 0 Å². The molecule has 1 aliphatic rings.